The average molecular weight is 246 g/mol. The van der Waals surface area contributed by atoms with Crippen LogP contribution >= 0.6 is 0 Å². The summed E-state index contributed by atoms with van der Waals surface area (Å²) in [6.45, 7) is 0. The molecule has 0 saturated heterocycles. The molecule has 4 fully saturated rings. The Hall–Kier alpha value is -0.330. The lowest BCUT2D eigenvalue weighted by molar-refractivity contribution is -0.119. The highest BCUT2D eigenvalue weighted by Gasteiger charge is 2.67. The second-order valence-electron chi connectivity index (χ2n) is 7.77. The van der Waals surface area contributed by atoms with Gasteiger partial charge in [-0.1, -0.05) is 25.7 Å². The van der Waals surface area contributed by atoms with E-state index in [9.17, 15) is 4.79 Å². The van der Waals surface area contributed by atoms with E-state index in [0.717, 1.165) is 12.8 Å². The number of carbonyl (C=O) groups is 1. The van der Waals surface area contributed by atoms with Crippen molar-refractivity contribution in [1.82, 2.24) is 0 Å². The van der Waals surface area contributed by atoms with Crippen molar-refractivity contribution in [2.75, 3.05) is 0 Å². The summed E-state index contributed by atoms with van der Waals surface area (Å²) in [7, 11) is 0. The molecule has 3 spiro atoms. The summed E-state index contributed by atoms with van der Waals surface area (Å²) in [5.41, 5.74) is 1.74. The van der Waals surface area contributed by atoms with Gasteiger partial charge in [-0.2, -0.15) is 0 Å². The summed E-state index contributed by atoms with van der Waals surface area (Å²) >= 11 is 0. The number of hydrogen-bond acceptors (Lipinski definition) is 1. The van der Waals surface area contributed by atoms with Gasteiger partial charge in [-0.25, -0.2) is 0 Å². The number of fused-ring (bicyclic) bond motifs is 2. The summed E-state index contributed by atoms with van der Waals surface area (Å²) in [5, 5.41) is 0. The van der Waals surface area contributed by atoms with Crippen molar-refractivity contribution < 1.29 is 4.79 Å². The van der Waals surface area contributed by atoms with E-state index in [0.29, 0.717) is 22.0 Å². The van der Waals surface area contributed by atoms with Gasteiger partial charge in [0, 0.05) is 12.8 Å². The van der Waals surface area contributed by atoms with Gasteiger partial charge in [0.05, 0.1) is 0 Å². The SMILES string of the molecule is O=C1CC[C@@]2(CCC[C@]23CCCC32CCCC2)C1. The summed E-state index contributed by atoms with van der Waals surface area (Å²) in [5.74, 6) is 0.580. The van der Waals surface area contributed by atoms with Gasteiger partial charge in [-0.3, -0.25) is 4.79 Å². The van der Waals surface area contributed by atoms with Crippen molar-refractivity contribution in [1.29, 1.82) is 0 Å². The van der Waals surface area contributed by atoms with Crippen LogP contribution in [0, 0.1) is 16.2 Å². The Morgan fingerprint density at radius 1 is 0.667 bits per heavy atom. The summed E-state index contributed by atoms with van der Waals surface area (Å²) in [6, 6.07) is 0. The van der Waals surface area contributed by atoms with Gasteiger partial charge < -0.3 is 0 Å². The highest BCUT2D eigenvalue weighted by Crippen LogP contribution is 2.76. The Kier molecular flexibility index (Phi) is 2.31. The van der Waals surface area contributed by atoms with Gasteiger partial charge in [0.2, 0.25) is 0 Å². The molecule has 0 amide bonds. The molecule has 0 aromatic rings. The molecule has 2 atom stereocenters. The average Bonchev–Trinajstić information content (AvgIpc) is 3.08. The molecule has 0 aromatic heterocycles. The van der Waals surface area contributed by atoms with Crippen molar-refractivity contribution >= 4 is 5.78 Å². The highest BCUT2D eigenvalue weighted by molar-refractivity contribution is 5.81. The number of rotatable bonds is 0. The molecule has 1 heteroatoms. The molecule has 0 aliphatic heterocycles. The van der Waals surface area contributed by atoms with Crippen LogP contribution in [0.4, 0.5) is 0 Å². The third kappa shape index (κ3) is 1.17. The second-order valence-corrected chi connectivity index (χ2v) is 7.77. The first kappa shape index (κ1) is 11.5. The van der Waals surface area contributed by atoms with Crippen molar-refractivity contribution in [2.45, 2.75) is 83.5 Å². The predicted molar refractivity (Wildman–Crippen MR) is 72.3 cm³/mol. The maximum absolute atomic E-state index is 11.9. The minimum atomic E-state index is 0.463. The van der Waals surface area contributed by atoms with E-state index in [2.05, 4.69) is 0 Å². The Morgan fingerprint density at radius 3 is 1.89 bits per heavy atom. The first-order chi connectivity index (χ1) is 8.72. The zero-order valence-corrected chi connectivity index (χ0v) is 11.6. The zero-order valence-electron chi connectivity index (χ0n) is 11.6. The molecule has 4 rings (SSSR count). The van der Waals surface area contributed by atoms with Crippen LogP contribution in [0.2, 0.25) is 0 Å². The normalized spacial score (nSPS) is 46.1. The predicted octanol–water partition coefficient (Wildman–Crippen LogP) is 4.64. The topological polar surface area (TPSA) is 17.1 Å². The number of hydrogen-bond donors (Lipinski definition) is 0. The molecule has 100 valence electrons. The molecule has 1 nitrogen and oxygen atoms in total. The third-order valence-corrected chi connectivity index (χ3v) is 7.53. The van der Waals surface area contributed by atoms with Crippen LogP contribution < -0.4 is 0 Å². The van der Waals surface area contributed by atoms with Crippen LogP contribution in [0.3, 0.4) is 0 Å². The second kappa shape index (κ2) is 3.61. The molecule has 0 N–H and O–H groups in total. The van der Waals surface area contributed by atoms with Crippen LogP contribution in [0.25, 0.3) is 0 Å². The maximum Gasteiger partial charge on any atom is 0.133 e. The molecular weight excluding hydrogens is 220 g/mol. The van der Waals surface area contributed by atoms with Crippen molar-refractivity contribution in [3.8, 4) is 0 Å². The molecule has 0 radical (unpaired) electrons. The maximum atomic E-state index is 11.9. The fourth-order valence-electron chi connectivity index (χ4n) is 7.02. The summed E-state index contributed by atoms with van der Waals surface area (Å²) in [6.07, 6.45) is 17.7. The highest BCUT2D eigenvalue weighted by atomic mass is 16.1. The van der Waals surface area contributed by atoms with E-state index >= 15 is 0 Å². The molecule has 4 aliphatic carbocycles. The largest absolute Gasteiger partial charge is 0.300 e. The quantitative estimate of drug-likeness (QED) is 0.608. The van der Waals surface area contributed by atoms with Crippen LogP contribution in [-0.4, -0.2) is 5.78 Å². The standard InChI is InChI=1S/C17H26O/c18-14-5-12-16(13-14)9-4-11-17(16)10-3-8-15(17)6-1-2-7-15/h1-13H2/t16-,17-/m0/s1. The van der Waals surface area contributed by atoms with Gasteiger partial charge in [-0.05, 0) is 61.2 Å². The Labute approximate surface area is 111 Å². The fourth-order valence-corrected chi connectivity index (χ4v) is 7.02. The van der Waals surface area contributed by atoms with Crippen LogP contribution in [-0.2, 0) is 4.79 Å². The Bertz CT molecular complexity index is 370. The van der Waals surface area contributed by atoms with Crippen LogP contribution in [0.15, 0.2) is 0 Å². The molecule has 0 bridgehead atoms. The Morgan fingerprint density at radius 2 is 1.28 bits per heavy atom. The first-order valence-corrected chi connectivity index (χ1v) is 8.24. The number of ketones is 1. The van der Waals surface area contributed by atoms with Gasteiger partial charge in [0.1, 0.15) is 5.78 Å². The minimum Gasteiger partial charge on any atom is -0.300 e. The van der Waals surface area contributed by atoms with Gasteiger partial charge in [0.25, 0.3) is 0 Å². The van der Waals surface area contributed by atoms with E-state index in [4.69, 9.17) is 0 Å². The van der Waals surface area contributed by atoms with E-state index in [1.807, 2.05) is 0 Å². The van der Waals surface area contributed by atoms with Gasteiger partial charge >= 0.3 is 0 Å². The number of Topliss-reactive ketones (excluding diaryl/α,β-unsaturated/α-hetero) is 1. The smallest absolute Gasteiger partial charge is 0.133 e. The molecular formula is C17H26O. The van der Waals surface area contributed by atoms with Crippen LogP contribution in [0.1, 0.15) is 83.5 Å². The zero-order chi connectivity index (χ0) is 12.3. The van der Waals surface area contributed by atoms with Crippen molar-refractivity contribution in [3.63, 3.8) is 0 Å². The molecule has 0 unspecified atom stereocenters. The molecule has 0 aromatic carbocycles. The fraction of sp³-hybridized carbons (Fsp3) is 0.941. The lowest BCUT2D eigenvalue weighted by atomic mass is 9.52. The third-order valence-electron chi connectivity index (χ3n) is 7.53. The first-order valence-electron chi connectivity index (χ1n) is 8.24. The van der Waals surface area contributed by atoms with Gasteiger partial charge in [-0.15, -0.1) is 0 Å². The van der Waals surface area contributed by atoms with E-state index in [1.165, 1.54) is 70.6 Å². The summed E-state index contributed by atoms with van der Waals surface area (Å²) in [4.78, 5) is 11.9. The summed E-state index contributed by atoms with van der Waals surface area (Å²) < 4.78 is 0. The van der Waals surface area contributed by atoms with E-state index < -0.39 is 0 Å². The lowest BCUT2D eigenvalue weighted by Crippen LogP contribution is -2.45. The van der Waals surface area contributed by atoms with E-state index in [1.54, 1.807) is 0 Å². The minimum absolute atomic E-state index is 0.463. The van der Waals surface area contributed by atoms with Crippen LogP contribution in [0.5, 0.6) is 0 Å². The number of carbonyl (C=O) groups excluding carboxylic acids is 1. The molecule has 18 heavy (non-hydrogen) atoms. The monoisotopic (exact) mass is 246 g/mol. The van der Waals surface area contributed by atoms with E-state index in [-0.39, 0.29) is 0 Å². The Balaban J connectivity index is 1.79. The molecule has 0 heterocycles. The molecule has 4 aliphatic rings. The van der Waals surface area contributed by atoms with Crippen molar-refractivity contribution in [2.24, 2.45) is 16.2 Å². The molecule has 4 saturated carbocycles. The van der Waals surface area contributed by atoms with Crippen molar-refractivity contribution in [3.05, 3.63) is 0 Å². The van der Waals surface area contributed by atoms with Gasteiger partial charge in [0.15, 0.2) is 0 Å². The lowest BCUT2D eigenvalue weighted by Gasteiger charge is -2.52.